The summed E-state index contributed by atoms with van der Waals surface area (Å²) < 4.78 is 5.07. The monoisotopic (exact) mass is 331 g/mol. The van der Waals surface area contributed by atoms with Crippen molar-refractivity contribution in [2.45, 2.75) is 6.10 Å². The molecule has 0 aliphatic heterocycles. The number of aliphatic hydroxyl groups is 1. The maximum absolute atomic E-state index is 12.1. The van der Waals surface area contributed by atoms with Gasteiger partial charge in [-0.3, -0.25) is 14.9 Å². The Morgan fingerprint density at radius 2 is 2.12 bits per heavy atom. The van der Waals surface area contributed by atoms with E-state index in [1.165, 1.54) is 19.2 Å². The average Bonchev–Trinajstić information content (AvgIpc) is 2.59. The van der Waals surface area contributed by atoms with Gasteiger partial charge in [-0.05, 0) is 29.8 Å². The first-order valence-electron chi connectivity index (χ1n) is 7.06. The van der Waals surface area contributed by atoms with Crippen molar-refractivity contribution < 1.29 is 19.6 Å². The number of nitro benzene ring substituents is 1. The van der Waals surface area contributed by atoms with Crippen molar-refractivity contribution in [2.75, 3.05) is 19.4 Å². The van der Waals surface area contributed by atoms with Gasteiger partial charge in [0.1, 0.15) is 11.4 Å². The molecule has 1 atom stereocenters. The van der Waals surface area contributed by atoms with Gasteiger partial charge in [-0.25, -0.2) is 0 Å². The minimum absolute atomic E-state index is 0.0204. The number of nitrogens with two attached hydrogens (primary N) is 1. The van der Waals surface area contributed by atoms with Gasteiger partial charge in [0.15, 0.2) is 0 Å². The van der Waals surface area contributed by atoms with E-state index in [0.717, 1.165) is 6.07 Å². The number of amides is 1. The molecule has 0 unspecified atom stereocenters. The lowest BCUT2D eigenvalue weighted by atomic mass is 10.1. The van der Waals surface area contributed by atoms with Crippen LogP contribution in [0.3, 0.4) is 0 Å². The summed E-state index contributed by atoms with van der Waals surface area (Å²) in [6.07, 6.45) is -0.937. The van der Waals surface area contributed by atoms with E-state index in [9.17, 15) is 20.0 Å². The van der Waals surface area contributed by atoms with Gasteiger partial charge in [0.05, 0.1) is 18.1 Å². The molecule has 2 rings (SSSR count). The number of benzene rings is 2. The number of ether oxygens (including phenoxy) is 1. The standard InChI is InChI=1S/C16H17N3O5/c1-24-12-4-2-3-10(7-12)15(20)9-18-16(21)11-5-6-13(17)14(8-11)19(22)23/h2-8,15,20H,9,17H2,1H3,(H,18,21)/t15-/m1/s1. The number of methoxy groups -OCH3 is 1. The summed E-state index contributed by atoms with van der Waals surface area (Å²) in [4.78, 5) is 22.3. The third kappa shape index (κ3) is 3.99. The zero-order valence-corrected chi connectivity index (χ0v) is 12.9. The molecule has 0 fully saturated rings. The van der Waals surface area contributed by atoms with Gasteiger partial charge in [0.25, 0.3) is 11.6 Å². The van der Waals surface area contributed by atoms with Crippen molar-refractivity contribution in [3.63, 3.8) is 0 Å². The van der Waals surface area contributed by atoms with Gasteiger partial charge < -0.3 is 20.9 Å². The summed E-state index contributed by atoms with van der Waals surface area (Å²) in [6, 6.07) is 10.6. The Hall–Kier alpha value is -3.13. The lowest BCUT2D eigenvalue weighted by Gasteiger charge is -2.13. The van der Waals surface area contributed by atoms with Crippen LogP contribution in [0, 0.1) is 10.1 Å². The molecule has 0 bridgehead atoms. The van der Waals surface area contributed by atoms with Gasteiger partial charge in [0.2, 0.25) is 0 Å². The quantitative estimate of drug-likeness (QED) is 0.419. The molecule has 0 saturated carbocycles. The van der Waals surface area contributed by atoms with Crippen molar-refractivity contribution in [3.05, 3.63) is 63.7 Å². The highest BCUT2D eigenvalue weighted by molar-refractivity contribution is 5.95. The normalized spacial score (nSPS) is 11.6. The first kappa shape index (κ1) is 17.2. The molecule has 24 heavy (non-hydrogen) atoms. The van der Waals surface area contributed by atoms with Crippen LogP contribution in [0.15, 0.2) is 42.5 Å². The average molecular weight is 331 g/mol. The molecule has 0 saturated heterocycles. The van der Waals surface area contributed by atoms with Crippen molar-refractivity contribution in [1.82, 2.24) is 5.32 Å². The van der Waals surface area contributed by atoms with E-state index < -0.39 is 16.9 Å². The molecule has 0 heterocycles. The van der Waals surface area contributed by atoms with Crippen molar-refractivity contribution in [2.24, 2.45) is 0 Å². The van der Waals surface area contributed by atoms with Gasteiger partial charge in [-0.15, -0.1) is 0 Å². The first-order chi connectivity index (χ1) is 11.4. The third-order valence-electron chi connectivity index (χ3n) is 3.42. The second-order valence-corrected chi connectivity index (χ2v) is 5.03. The Morgan fingerprint density at radius 1 is 1.38 bits per heavy atom. The molecule has 1 amide bonds. The van der Waals surface area contributed by atoms with Crippen LogP contribution in [0.25, 0.3) is 0 Å². The highest BCUT2D eigenvalue weighted by Crippen LogP contribution is 2.22. The fourth-order valence-corrected chi connectivity index (χ4v) is 2.10. The second-order valence-electron chi connectivity index (χ2n) is 5.03. The summed E-state index contributed by atoms with van der Waals surface area (Å²) in [7, 11) is 1.52. The highest BCUT2D eigenvalue weighted by Gasteiger charge is 2.17. The highest BCUT2D eigenvalue weighted by atomic mass is 16.6. The second kappa shape index (κ2) is 7.42. The molecule has 8 heteroatoms. The lowest BCUT2D eigenvalue weighted by molar-refractivity contribution is -0.383. The molecule has 8 nitrogen and oxygen atoms in total. The van der Waals surface area contributed by atoms with Gasteiger partial charge in [-0.1, -0.05) is 12.1 Å². The largest absolute Gasteiger partial charge is 0.497 e. The van der Waals surface area contributed by atoms with Crippen LogP contribution in [0.2, 0.25) is 0 Å². The Kier molecular flexibility index (Phi) is 5.33. The van der Waals surface area contributed by atoms with Crippen LogP contribution in [0.5, 0.6) is 5.75 Å². The van der Waals surface area contributed by atoms with Crippen LogP contribution >= 0.6 is 0 Å². The molecule has 0 radical (unpaired) electrons. The molecular weight excluding hydrogens is 314 g/mol. The zero-order chi connectivity index (χ0) is 17.7. The smallest absolute Gasteiger partial charge is 0.292 e. The predicted molar refractivity (Wildman–Crippen MR) is 87.8 cm³/mol. The van der Waals surface area contributed by atoms with E-state index >= 15 is 0 Å². The number of hydrogen-bond donors (Lipinski definition) is 3. The summed E-state index contributed by atoms with van der Waals surface area (Å²) in [6.45, 7) is -0.0514. The topological polar surface area (TPSA) is 128 Å². The molecule has 0 spiro atoms. The van der Waals surface area contributed by atoms with Crippen molar-refractivity contribution in [3.8, 4) is 5.75 Å². The number of anilines is 1. The fraction of sp³-hybridized carbons (Fsp3) is 0.188. The predicted octanol–water partition coefficient (Wildman–Crippen LogP) is 1.65. The molecular formula is C16H17N3O5. The molecule has 4 N–H and O–H groups in total. The first-order valence-corrected chi connectivity index (χ1v) is 7.06. The van der Waals surface area contributed by atoms with Gasteiger partial charge in [0, 0.05) is 18.2 Å². The Labute approximate surface area is 138 Å². The van der Waals surface area contributed by atoms with Crippen LogP contribution in [0.4, 0.5) is 11.4 Å². The Morgan fingerprint density at radius 3 is 2.79 bits per heavy atom. The van der Waals surface area contributed by atoms with E-state index in [-0.39, 0.29) is 23.5 Å². The summed E-state index contributed by atoms with van der Waals surface area (Å²) in [5.41, 5.74) is 5.81. The van der Waals surface area contributed by atoms with E-state index in [1.54, 1.807) is 24.3 Å². The minimum atomic E-state index is -0.937. The maximum Gasteiger partial charge on any atom is 0.292 e. The Balaban J connectivity index is 2.04. The number of rotatable bonds is 6. The van der Waals surface area contributed by atoms with Crippen molar-refractivity contribution in [1.29, 1.82) is 0 Å². The number of carbonyl (C=O) groups excluding carboxylic acids is 1. The van der Waals surface area contributed by atoms with Crippen molar-refractivity contribution >= 4 is 17.3 Å². The minimum Gasteiger partial charge on any atom is -0.497 e. The van der Waals surface area contributed by atoms with Crippen LogP contribution in [-0.4, -0.2) is 29.6 Å². The SMILES string of the molecule is COc1cccc([C@H](O)CNC(=O)c2ccc(N)c([N+](=O)[O-])c2)c1. The lowest BCUT2D eigenvalue weighted by Crippen LogP contribution is -2.28. The number of nitrogens with zero attached hydrogens (tertiary/aromatic N) is 1. The maximum atomic E-state index is 12.1. The third-order valence-corrected chi connectivity index (χ3v) is 3.42. The number of carbonyl (C=O) groups is 1. The van der Waals surface area contributed by atoms with E-state index in [2.05, 4.69) is 5.32 Å². The molecule has 2 aromatic rings. The number of nitrogens with one attached hydrogen (secondary N) is 1. The number of aliphatic hydroxyl groups excluding tert-OH is 1. The molecule has 126 valence electrons. The summed E-state index contributed by atoms with van der Waals surface area (Å²) in [5.74, 6) is 0.0482. The number of nitro groups is 1. The van der Waals surface area contributed by atoms with E-state index in [0.29, 0.717) is 11.3 Å². The van der Waals surface area contributed by atoms with E-state index in [1.807, 2.05) is 0 Å². The number of nitrogen functional groups attached to an aromatic ring is 1. The van der Waals surface area contributed by atoms with Crippen LogP contribution in [-0.2, 0) is 0 Å². The van der Waals surface area contributed by atoms with E-state index in [4.69, 9.17) is 10.5 Å². The van der Waals surface area contributed by atoms with Gasteiger partial charge in [-0.2, -0.15) is 0 Å². The molecule has 2 aromatic carbocycles. The summed E-state index contributed by atoms with van der Waals surface area (Å²) in [5, 5.41) is 23.5. The molecule has 0 aromatic heterocycles. The molecule has 0 aliphatic carbocycles. The Bertz CT molecular complexity index is 763. The number of hydrogen-bond acceptors (Lipinski definition) is 6. The van der Waals surface area contributed by atoms with Gasteiger partial charge >= 0.3 is 0 Å². The zero-order valence-electron chi connectivity index (χ0n) is 12.9. The summed E-state index contributed by atoms with van der Waals surface area (Å²) >= 11 is 0. The van der Waals surface area contributed by atoms with Crippen LogP contribution < -0.4 is 15.8 Å². The van der Waals surface area contributed by atoms with Crippen LogP contribution in [0.1, 0.15) is 22.0 Å². The fourth-order valence-electron chi connectivity index (χ4n) is 2.10. The molecule has 0 aliphatic rings.